The first-order valence-electron chi connectivity index (χ1n) is 11.0. The summed E-state index contributed by atoms with van der Waals surface area (Å²) in [5.41, 5.74) is 3.66. The molecule has 0 atom stereocenters. The van der Waals surface area contributed by atoms with Crippen LogP contribution in [0, 0.1) is 0 Å². The number of halogens is 2. The molecule has 1 aliphatic heterocycles. The first-order valence-corrected chi connectivity index (χ1v) is 12.6. The van der Waals surface area contributed by atoms with Crippen LogP contribution in [-0.4, -0.2) is 36.1 Å². The summed E-state index contributed by atoms with van der Waals surface area (Å²) in [6, 6.07) is 15.9. The van der Waals surface area contributed by atoms with Gasteiger partial charge in [-0.25, -0.2) is 9.97 Å². The minimum Gasteiger partial charge on any atom is -0.368 e. The third-order valence-corrected chi connectivity index (χ3v) is 8.07. The van der Waals surface area contributed by atoms with Crippen LogP contribution in [-0.2, 0) is 12.8 Å². The topological polar surface area (TPSA) is 32.3 Å². The van der Waals surface area contributed by atoms with Gasteiger partial charge in [-0.2, -0.15) is 0 Å². The SMILES string of the molecule is Clc1ccc(-c2nc(N3CCN(c4cccc(Cl)c4)CC3)c3c4c(sc3n2)CCC4)cc1. The van der Waals surface area contributed by atoms with Gasteiger partial charge in [-0.05, 0) is 67.3 Å². The smallest absolute Gasteiger partial charge is 0.163 e. The molecule has 0 spiro atoms. The molecule has 6 rings (SSSR count). The first-order chi connectivity index (χ1) is 15.7. The van der Waals surface area contributed by atoms with Gasteiger partial charge in [0.25, 0.3) is 0 Å². The van der Waals surface area contributed by atoms with Crippen LogP contribution in [0.2, 0.25) is 10.0 Å². The number of thiophene rings is 1. The fraction of sp³-hybridized carbons (Fsp3) is 0.280. The van der Waals surface area contributed by atoms with Crippen LogP contribution >= 0.6 is 34.5 Å². The zero-order chi connectivity index (χ0) is 21.7. The number of benzene rings is 2. The van der Waals surface area contributed by atoms with Crippen LogP contribution in [0.5, 0.6) is 0 Å². The van der Waals surface area contributed by atoms with Crippen LogP contribution in [0.1, 0.15) is 16.9 Å². The highest BCUT2D eigenvalue weighted by atomic mass is 35.5. The zero-order valence-electron chi connectivity index (χ0n) is 17.5. The van der Waals surface area contributed by atoms with Gasteiger partial charge in [-0.3, -0.25) is 0 Å². The predicted octanol–water partition coefficient (Wildman–Crippen LogP) is 6.48. The molecule has 2 aromatic carbocycles. The Labute approximate surface area is 201 Å². The van der Waals surface area contributed by atoms with Crippen LogP contribution in [0.4, 0.5) is 11.5 Å². The van der Waals surface area contributed by atoms with Crippen LogP contribution in [0.25, 0.3) is 21.6 Å². The van der Waals surface area contributed by atoms with E-state index in [-0.39, 0.29) is 0 Å². The molecule has 0 bridgehead atoms. The Morgan fingerprint density at radius 1 is 0.812 bits per heavy atom. The highest BCUT2D eigenvalue weighted by Crippen LogP contribution is 2.42. The Hall–Kier alpha value is -2.34. The molecule has 0 unspecified atom stereocenters. The Balaban J connectivity index is 1.38. The molecule has 3 heterocycles. The molecule has 162 valence electrons. The Kier molecular flexibility index (Phi) is 5.21. The lowest BCUT2D eigenvalue weighted by molar-refractivity contribution is 0.649. The molecule has 1 aliphatic carbocycles. The monoisotopic (exact) mass is 480 g/mol. The van der Waals surface area contributed by atoms with Crippen molar-refractivity contribution in [3.8, 4) is 11.4 Å². The van der Waals surface area contributed by atoms with E-state index >= 15 is 0 Å². The third-order valence-electron chi connectivity index (χ3n) is 6.40. The predicted molar refractivity (Wildman–Crippen MR) is 136 cm³/mol. The summed E-state index contributed by atoms with van der Waals surface area (Å²) in [6.45, 7) is 3.72. The maximum absolute atomic E-state index is 6.22. The van der Waals surface area contributed by atoms with E-state index < -0.39 is 0 Å². The van der Waals surface area contributed by atoms with Gasteiger partial charge in [-0.15, -0.1) is 11.3 Å². The van der Waals surface area contributed by atoms with Gasteiger partial charge >= 0.3 is 0 Å². The minimum atomic E-state index is 0.724. The summed E-state index contributed by atoms with van der Waals surface area (Å²) < 4.78 is 0. The van der Waals surface area contributed by atoms with Gasteiger partial charge in [0.05, 0.1) is 5.39 Å². The highest BCUT2D eigenvalue weighted by molar-refractivity contribution is 7.19. The van der Waals surface area contributed by atoms with Gasteiger partial charge in [-0.1, -0.05) is 29.3 Å². The molecule has 2 aromatic heterocycles. The molecule has 7 heteroatoms. The second-order valence-corrected chi connectivity index (χ2v) is 10.3. The summed E-state index contributed by atoms with van der Waals surface area (Å²) in [5.74, 6) is 1.87. The Morgan fingerprint density at radius 2 is 1.59 bits per heavy atom. The normalized spacial score (nSPS) is 16.1. The number of aromatic nitrogens is 2. The van der Waals surface area contributed by atoms with Crippen LogP contribution in [0.15, 0.2) is 48.5 Å². The highest BCUT2D eigenvalue weighted by Gasteiger charge is 2.27. The summed E-state index contributed by atoms with van der Waals surface area (Å²) in [5, 5.41) is 2.78. The van der Waals surface area contributed by atoms with E-state index in [1.165, 1.54) is 27.9 Å². The maximum Gasteiger partial charge on any atom is 0.163 e. The van der Waals surface area contributed by atoms with E-state index in [0.717, 1.165) is 71.1 Å². The van der Waals surface area contributed by atoms with Gasteiger partial charge < -0.3 is 9.80 Å². The standard InChI is InChI=1S/C25H22Cl2N4S/c26-17-9-7-16(8-10-17)23-28-24(22-20-5-2-6-21(20)32-25(22)29-23)31-13-11-30(12-14-31)19-4-1-3-18(27)15-19/h1,3-4,7-10,15H,2,5-6,11-14H2. The van der Waals surface area contributed by atoms with E-state index in [4.69, 9.17) is 33.2 Å². The largest absolute Gasteiger partial charge is 0.368 e. The first kappa shape index (κ1) is 20.3. The molecule has 0 radical (unpaired) electrons. The molecule has 32 heavy (non-hydrogen) atoms. The van der Waals surface area contributed by atoms with Crippen LogP contribution < -0.4 is 9.80 Å². The number of aryl methyl sites for hydroxylation is 2. The van der Waals surface area contributed by atoms with Crippen molar-refractivity contribution in [3.63, 3.8) is 0 Å². The average molecular weight is 481 g/mol. The summed E-state index contributed by atoms with van der Waals surface area (Å²) in [6.07, 6.45) is 3.53. The second kappa shape index (κ2) is 8.22. The lowest BCUT2D eigenvalue weighted by atomic mass is 10.1. The molecular weight excluding hydrogens is 459 g/mol. The van der Waals surface area contributed by atoms with E-state index in [1.807, 2.05) is 53.8 Å². The molecule has 0 N–H and O–H groups in total. The third kappa shape index (κ3) is 3.62. The second-order valence-electron chi connectivity index (χ2n) is 8.37. The lowest BCUT2D eigenvalue weighted by Gasteiger charge is -2.37. The summed E-state index contributed by atoms with van der Waals surface area (Å²) in [7, 11) is 0. The average Bonchev–Trinajstić information content (AvgIpc) is 3.40. The fourth-order valence-corrected chi connectivity index (χ4v) is 6.35. The molecule has 1 fully saturated rings. The fourth-order valence-electron chi connectivity index (χ4n) is 4.78. The van der Waals surface area contributed by atoms with Gasteiger partial charge in [0.15, 0.2) is 5.82 Å². The molecule has 4 aromatic rings. The maximum atomic E-state index is 6.22. The van der Waals surface area contributed by atoms with Gasteiger partial charge in [0.2, 0.25) is 0 Å². The molecule has 4 nitrogen and oxygen atoms in total. The molecule has 2 aliphatic rings. The molecular formula is C25H22Cl2N4S. The molecule has 0 saturated carbocycles. The number of fused-ring (bicyclic) bond motifs is 3. The van der Waals surface area contributed by atoms with E-state index in [0.29, 0.717) is 0 Å². The quantitative estimate of drug-likeness (QED) is 0.335. The van der Waals surface area contributed by atoms with Crippen molar-refractivity contribution in [3.05, 3.63) is 69.0 Å². The number of hydrogen-bond acceptors (Lipinski definition) is 5. The van der Waals surface area contributed by atoms with Crippen molar-refractivity contribution in [1.82, 2.24) is 9.97 Å². The van der Waals surface area contributed by atoms with Crippen LogP contribution in [0.3, 0.4) is 0 Å². The number of anilines is 2. The number of nitrogens with zero attached hydrogens (tertiary/aromatic N) is 4. The van der Waals surface area contributed by atoms with Crippen molar-refractivity contribution in [2.45, 2.75) is 19.3 Å². The Bertz CT molecular complexity index is 1290. The van der Waals surface area contributed by atoms with Crippen molar-refractivity contribution in [2.24, 2.45) is 0 Å². The number of piperazine rings is 1. The van der Waals surface area contributed by atoms with Gasteiger partial charge in [0.1, 0.15) is 10.6 Å². The molecule has 0 amide bonds. The summed E-state index contributed by atoms with van der Waals surface area (Å²) >= 11 is 14.2. The van der Waals surface area contributed by atoms with Gasteiger partial charge in [0, 0.05) is 52.4 Å². The lowest BCUT2D eigenvalue weighted by Crippen LogP contribution is -2.47. The van der Waals surface area contributed by atoms with Crippen molar-refractivity contribution in [2.75, 3.05) is 36.0 Å². The van der Waals surface area contributed by atoms with Crippen molar-refractivity contribution < 1.29 is 0 Å². The number of rotatable bonds is 3. The van der Waals surface area contributed by atoms with Crippen molar-refractivity contribution in [1.29, 1.82) is 0 Å². The number of hydrogen-bond donors (Lipinski definition) is 0. The summed E-state index contributed by atoms with van der Waals surface area (Å²) in [4.78, 5) is 17.5. The Morgan fingerprint density at radius 3 is 2.38 bits per heavy atom. The van der Waals surface area contributed by atoms with E-state index in [1.54, 1.807) is 0 Å². The van der Waals surface area contributed by atoms with Crippen molar-refractivity contribution >= 4 is 56.3 Å². The zero-order valence-corrected chi connectivity index (χ0v) is 19.8. The minimum absolute atomic E-state index is 0.724. The van der Waals surface area contributed by atoms with E-state index in [9.17, 15) is 0 Å². The van der Waals surface area contributed by atoms with E-state index in [2.05, 4.69) is 15.9 Å². The molecule has 1 saturated heterocycles.